The third kappa shape index (κ3) is 3.22. The van der Waals surface area contributed by atoms with Crippen molar-refractivity contribution in [2.24, 2.45) is 0 Å². The third-order valence-corrected chi connectivity index (χ3v) is 3.09. The summed E-state index contributed by atoms with van der Waals surface area (Å²) in [6.45, 7) is 0.265. The van der Waals surface area contributed by atoms with Crippen LogP contribution in [0.4, 0.5) is 4.39 Å². The van der Waals surface area contributed by atoms with Crippen LogP contribution in [-0.4, -0.2) is 20.8 Å². The van der Waals surface area contributed by atoms with Crippen LogP contribution in [0.1, 0.15) is 5.56 Å². The van der Waals surface area contributed by atoms with Crippen molar-refractivity contribution >= 4 is 23.2 Å². The van der Waals surface area contributed by atoms with Gasteiger partial charge in [-0.25, -0.2) is 9.37 Å². The number of hydrogen-bond donors (Lipinski definition) is 1. The van der Waals surface area contributed by atoms with Gasteiger partial charge in [-0.1, -0.05) is 29.3 Å². The maximum atomic E-state index is 13.5. The van der Waals surface area contributed by atoms with Crippen LogP contribution in [0.15, 0.2) is 30.7 Å². The van der Waals surface area contributed by atoms with Crippen LogP contribution < -0.4 is 0 Å². The fraction of sp³-hybridized carbons (Fsp3) is 0.250. The highest BCUT2D eigenvalue weighted by molar-refractivity contribution is 6.30. The summed E-state index contributed by atoms with van der Waals surface area (Å²) in [5.74, 6) is -0.418. The van der Waals surface area contributed by atoms with Gasteiger partial charge >= 0.3 is 0 Å². The van der Waals surface area contributed by atoms with E-state index in [4.69, 9.17) is 23.2 Å². The maximum absolute atomic E-state index is 13.5. The standard InChI is InChI=1S/C12H11Cl2FN2O/c13-9-2-1-8(11(15)4-9)3-10(18)6-17-7-16-5-12(17)14/h1-2,4-5,7,10,18H,3,6H2. The normalized spacial score (nSPS) is 12.7. The molecule has 0 amide bonds. The minimum absolute atomic E-state index is 0.192. The van der Waals surface area contributed by atoms with E-state index in [9.17, 15) is 9.50 Å². The SMILES string of the molecule is OC(Cc1ccc(Cl)cc1F)Cn1cncc1Cl. The molecule has 0 spiro atoms. The van der Waals surface area contributed by atoms with Crippen molar-refractivity contribution in [1.82, 2.24) is 9.55 Å². The molecular formula is C12H11Cl2FN2O. The van der Waals surface area contributed by atoms with Crippen molar-refractivity contribution < 1.29 is 9.50 Å². The summed E-state index contributed by atoms with van der Waals surface area (Å²) >= 11 is 11.5. The van der Waals surface area contributed by atoms with Gasteiger partial charge in [0.05, 0.1) is 25.2 Å². The predicted molar refractivity (Wildman–Crippen MR) is 68.4 cm³/mol. The monoisotopic (exact) mass is 288 g/mol. The van der Waals surface area contributed by atoms with Crippen LogP contribution in [0.25, 0.3) is 0 Å². The first kappa shape index (κ1) is 13.3. The van der Waals surface area contributed by atoms with Gasteiger partial charge < -0.3 is 9.67 Å². The third-order valence-electron chi connectivity index (χ3n) is 2.54. The molecule has 1 aromatic heterocycles. The average molecular weight is 289 g/mol. The largest absolute Gasteiger partial charge is 0.391 e. The van der Waals surface area contributed by atoms with Gasteiger partial charge in [-0.05, 0) is 17.7 Å². The lowest BCUT2D eigenvalue weighted by Gasteiger charge is -2.12. The van der Waals surface area contributed by atoms with Gasteiger partial charge in [0.25, 0.3) is 0 Å². The molecule has 96 valence electrons. The number of benzene rings is 1. The molecule has 2 rings (SSSR count). The van der Waals surface area contributed by atoms with Crippen molar-refractivity contribution in [3.05, 3.63) is 52.3 Å². The average Bonchev–Trinajstić information content (AvgIpc) is 2.69. The molecule has 18 heavy (non-hydrogen) atoms. The second-order valence-electron chi connectivity index (χ2n) is 3.96. The Labute approximate surface area is 114 Å². The van der Waals surface area contributed by atoms with Crippen molar-refractivity contribution in [3.63, 3.8) is 0 Å². The Balaban J connectivity index is 2.03. The second kappa shape index (κ2) is 5.69. The summed E-state index contributed by atoms with van der Waals surface area (Å²) in [7, 11) is 0. The van der Waals surface area contributed by atoms with Crippen molar-refractivity contribution in [3.8, 4) is 0 Å². The fourth-order valence-electron chi connectivity index (χ4n) is 1.67. The quantitative estimate of drug-likeness (QED) is 0.939. The lowest BCUT2D eigenvalue weighted by molar-refractivity contribution is 0.153. The van der Waals surface area contributed by atoms with Gasteiger partial charge in [-0.2, -0.15) is 0 Å². The highest BCUT2D eigenvalue weighted by Gasteiger charge is 2.11. The molecule has 1 heterocycles. The Hall–Kier alpha value is -1.10. The molecule has 3 nitrogen and oxygen atoms in total. The lowest BCUT2D eigenvalue weighted by atomic mass is 10.1. The van der Waals surface area contributed by atoms with E-state index in [-0.39, 0.29) is 13.0 Å². The van der Waals surface area contributed by atoms with E-state index < -0.39 is 11.9 Å². The zero-order chi connectivity index (χ0) is 13.1. The van der Waals surface area contributed by atoms with Crippen LogP contribution in [0.3, 0.4) is 0 Å². The molecule has 6 heteroatoms. The minimum atomic E-state index is -0.743. The molecule has 1 atom stereocenters. The molecule has 0 fully saturated rings. The molecule has 1 aromatic carbocycles. The Morgan fingerprint density at radius 1 is 1.39 bits per heavy atom. The first-order valence-electron chi connectivity index (χ1n) is 5.34. The molecule has 1 unspecified atom stereocenters. The minimum Gasteiger partial charge on any atom is -0.391 e. The molecule has 0 aliphatic carbocycles. The van der Waals surface area contributed by atoms with E-state index in [0.717, 1.165) is 0 Å². The number of halogens is 3. The molecule has 1 N–H and O–H groups in total. The Kier molecular flexibility index (Phi) is 4.22. The van der Waals surface area contributed by atoms with Crippen LogP contribution in [0, 0.1) is 5.82 Å². The predicted octanol–water partition coefficient (Wildman–Crippen LogP) is 2.93. The van der Waals surface area contributed by atoms with Crippen molar-refractivity contribution in [1.29, 1.82) is 0 Å². The van der Waals surface area contributed by atoms with Crippen molar-refractivity contribution in [2.75, 3.05) is 0 Å². The van der Waals surface area contributed by atoms with E-state index in [1.807, 2.05) is 0 Å². The van der Waals surface area contributed by atoms with E-state index in [0.29, 0.717) is 15.7 Å². The highest BCUT2D eigenvalue weighted by atomic mass is 35.5. The molecule has 0 radical (unpaired) electrons. The number of imidazole rings is 1. The zero-order valence-electron chi connectivity index (χ0n) is 9.35. The van der Waals surface area contributed by atoms with Crippen LogP contribution >= 0.6 is 23.2 Å². The highest BCUT2D eigenvalue weighted by Crippen LogP contribution is 2.17. The molecule has 0 saturated heterocycles. The Morgan fingerprint density at radius 2 is 2.17 bits per heavy atom. The summed E-state index contributed by atoms with van der Waals surface area (Å²) < 4.78 is 15.1. The number of rotatable bonds is 4. The van der Waals surface area contributed by atoms with Gasteiger partial charge in [0.1, 0.15) is 11.0 Å². The Morgan fingerprint density at radius 3 is 2.78 bits per heavy atom. The number of nitrogens with zero attached hydrogens (tertiary/aromatic N) is 2. The van der Waals surface area contributed by atoms with Gasteiger partial charge in [-0.3, -0.25) is 0 Å². The molecule has 0 saturated carbocycles. The summed E-state index contributed by atoms with van der Waals surface area (Å²) in [6.07, 6.45) is 2.45. The van der Waals surface area contributed by atoms with Crippen LogP contribution in [-0.2, 0) is 13.0 Å². The summed E-state index contributed by atoms with van der Waals surface area (Å²) in [4.78, 5) is 3.84. The van der Waals surface area contributed by atoms with Gasteiger partial charge in [0.15, 0.2) is 0 Å². The maximum Gasteiger partial charge on any atom is 0.128 e. The summed E-state index contributed by atoms with van der Waals surface area (Å²) in [6, 6.07) is 4.39. The number of hydrogen-bond acceptors (Lipinski definition) is 2. The number of aliphatic hydroxyl groups is 1. The fourth-order valence-corrected chi connectivity index (χ4v) is 2.00. The number of aliphatic hydroxyl groups excluding tert-OH is 1. The lowest BCUT2D eigenvalue weighted by Crippen LogP contribution is -2.18. The smallest absolute Gasteiger partial charge is 0.128 e. The summed E-state index contributed by atoms with van der Waals surface area (Å²) in [5.41, 5.74) is 0.420. The molecule has 0 aliphatic rings. The molecular weight excluding hydrogens is 278 g/mol. The van der Waals surface area contributed by atoms with Gasteiger partial charge in [0.2, 0.25) is 0 Å². The Bertz CT molecular complexity index is 545. The van der Waals surface area contributed by atoms with E-state index >= 15 is 0 Å². The topological polar surface area (TPSA) is 38.0 Å². The molecule has 2 aromatic rings. The molecule has 0 aliphatic heterocycles. The molecule has 0 bridgehead atoms. The first-order chi connectivity index (χ1) is 8.56. The van der Waals surface area contributed by atoms with Gasteiger partial charge in [-0.15, -0.1) is 0 Å². The van der Waals surface area contributed by atoms with E-state index in [1.54, 1.807) is 16.7 Å². The van der Waals surface area contributed by atoms with Crippen molar-refractivity contribution in [2.45, 2.75) is 19.1 Å². The summed E-state index contributed by atoms with van der Waals surface area (Å²) in [5, 5.41) is 10.7. The van der Waals surface area contributed by atoms with Crippen LogP contribution in [0.5, 0.6) is 0 Å². The van der Waals surface area contributed by atoms with E-state index in [1.165, 1.54) is 18.6 Å². The van der Waals surface area contributed by atoms with Crippen LogP contribution in [0.2, 0.25) is 10.2 Å². The van der Waals surface area contributed by atoms with Gasteiger partial charge in [0, 0.05) is 11.4 Å². The number of aromatic nitrogens is 2. The second-order valence-corrected chi connectivity index (χ2v) is 4.79. The zero-order valence-corrected chi connectivity index (χ0v) is 10.9. The van der Waals surface area contributed by atoms with E-state index in [2.05, 4.69) is 4.98 Å². The first-order valence-corrected chi connectivity index (χ1v) is 6.09.